The molecule has 0 aromatic rings. The number of hydrogen-bond acceptors (Lipinski definition) is 0. The molecule has 1 unspecified atom stereocenters. The first-order valence-corrected chi connectivity index (χ1v) is 4.74. The van der Waals surface area contributed by atoms with E-state index in [1.807, 2.05) is 0 Å². The summed E-state index contributed by atoms with van der Waals surface area (Å²) in [6, 6.07) is 0. The molecule has 0 N–H and O–H groups in total. The van der Waals surface area contributed by atoms with E-state index in [1.54, 1.807) is 11.1 Å². The fourth-order valence-corrected chi connectivity index (χ4v) is 2.17. The van der Waals surface area contributed by atoms with Gasteiger partial charge < -0.3 is 0 Å². The van der Waals surface area contributed by atoms with Gasteiger partial charge in [-0.25, -0.2) is 0 Å². The molecule has 9 heavy (non-hydrogen) atoms. The van der Waals surface area contributed by atoms with Gasteiger partial charge in [0.15, 0.2) is 0 Å². The molecule has 1 atom stereocenters. The lowest BCUT2D eigenvalue weighted by Crippen LogP contribution is -2.05. The lowest BCUT2D eigenvalue weighted by molar-refractivity contribution is 0.707. The van der Waals surface area contributed by atoms with Crippen LogP contribution in [-0.4, -0.2) is 3.92 Å². The zero-order valence-electron chi connectivity index (χ0n) is 6.08. The molecule has 1 aliphatic carbocycles. The number of allylic oxidation sites excluding steroid dienone is 2. The Hall–Kier alpha value is 0.470. The first-order chi connectivity index (χ1) is 4.20. The second-order valence-corrected chi connectivity index (χ2v) is 4.66. The van der Waals surface area contributed by atoms with Crippen molar-refractivity contribution in [3.8, 4) is 0 Å². The van der Waals surface area contributed by atoms with Gasteiger partial charge in [-0.3, -0.25) is 0 Å². The van der Waals surface area contributed by atoms with Crippen molar-refractivity contribution in [3.63, 3.8) is 0 Å². The fraction of sp³-hybridized carbons (Fsp3) is 0.750. The van der Waals surface area contributed by atoms with Crippen molar-refractivity contribution in [2.24, 2.45) is 0 Å². The molecule has 0 fully saturated rings. The van der Waals surface area contributed by atoms with E-state index in [4.69, 9.17) is 0 Å². The maximum absolute atomic E-state index is 2.55. The van der Waals surface area contributed by atoms with Gasteiger partial charge in [-0.2, -0.15) is 0 Å². The van der Waals surface area contributed by atoms with Gasteiger partial charge >= 0.3 is 0 Å². The van der Waals surface area contributed by atoms with Crippen LogP contribution in [-0.2, 0) is 0 Å². The van der Waals surface area contributed by atoms with Crippen LogP contribution in [0.4, 0.5) is 0 Å². The van der Waals surface area contributed by atoms with Crippen molar-refractivity contribution in [2.45, 2.75) is 37.0 Å². The number of alkyl halides is 1. The number of hydrogen-bond donors (Lipinski definition) is 0. The van der Waals surface area contributed by atoms with Crippen molar-refractivity contribution in [1.29, 1.82) is 0 Å². The minimum absolute atomic E-state index is 0.909. The summed E-state index contributed by atoms with van der Waals surface area (Å²) in [6.45, 7) is 4.53. The molecule has 0 heterocycles. The summed E-state index contributed by atoms with van der Waals surface area (Å²) in [5.74, 6) is 0. The van der Waals surface area contributed by atoms with Crippen LogP contribution >= 0.6 is 22.6 Å². The third kappa shape index (κ3) is 1.95. The number of halogens is 1. The Morgan fingerprint density at radius 3 is 2.44 bits per heavy atom. The van der Waals surface area contributed by atoms with Crippen LogP contribution in [0.15, 0.2) is 11.1 Å². The quantitative estimate of drug-likeness (QED) is 0.344. The molecule has 0 radical (unpaired) electrons. The second kappa shape index (κ2) is 3.04. The second-order valence-electron chi connectivity index (χ2n) is 2.90. The SMILES string of the molecule is CC1=C(C)CC(I)CC1. The first-order valence-electron chi connectivity index (χ1n) is 3.49. The molecule has 0 aromatic carbocycles. The number of rotatable bonds is 0. The highest BCUT2D eigenvalue weighted by atomic mass is 127. The highest BCUT2D eigenvalue weighted by Gasteiger charge is 2.12. The van der Waals surface area contributed by atoms with E-state index in [1.165, 1.54) is 19.3 Å². The van der Waals surface area contributed by atoms with Crippen molar-refractivity contribution in [3.05, 3.63) is 11.1 Å². The van der Waals surface area contributed by atoms with Gasteiger partial charge in [0.05, 0.1) is 0 Å². The Morgan fingerprint density at radius 1 is 1.33 bits per heavy atom. The summed E-state index contributed by atoms with van der Waals surface area (Å²) < 4.78 is 0.909. The van der Waals surface area contributed by atoms with E-state index < -0.39 is 0 Å². The molecule has 0 saturated heterocycles. The van der Waals surface area contributed by atoms with Gasteiger partial charge in [0.2, 0.25) is 0 Å². The van der Waals surface area contributed by atoms with Crippen molar-refractivity contribution in [1.82, 2.24) is 0 Å². The third-order valence-corrected chi connectivity index (χ3v) is 3.15. The van der Waals surface area contributed by atoms with Crippen LogP contribution in [0.1, 0.15) is 33.1 Å². The Morgan fingerprint density at radius 2 is 2.00 bits per heavy atom. The van der Waals surface area contributed by atoms with E-state index in [0.717, 1.165) is 3.92 Å². The zero-order valence-corrected chi connectivity index (χ0v) is 8.23. The highest BCUT2D eigenvalue weighted by molar-refractivity contribution is 14.1. The average molecular weight is 236 g/mol. The predicted octanol–water partition coefficient (Wildman–Crippen LogP) is 3.31. The van der Waals surface area contributed by atoms with Crippen LogP contribution in [0.3, 0.4) is 0 Å². The van der Waals surface area contributed by atoms with Crippen LogP contribution in [0.25, 0.3) is 0 Å². The summed E-state index contributed by atoms with van der Waals surface area (Å²) in [5.41, 5.74) is 3.25. The van der Waals surface area contributed by atoms with Crippen LogP contribution in [0.5, 0.6) is 0 Å². The predicted molar refractivity (Wildman–Crippen MR) is 50.0 cm³/mol. The molecule has 0 aliphatic heterocycles. The Kier molecular flexibility index (Phi) is 2.56. The molecule has 0 spiro atoms. The molecule has 0 saturated carbocycles. The van der Waals surface area contributed by atoms with E-state index in [0.29, 0.717) is 0 Å². The molecule has 1 aliphatic rings. The smallest absolute Gasteiger partial charge is 0.0150 e. The van der Waals surface area contributed by atoms with Gasteiger partial charge in [-0.15, -0.1) is 0 Å². The van der Waals surface area contributed by atoms with Gasteiger partial charge in [0.25, 0.3) is 0 Å². The largest absolute Gasteiger partial charge is 0.0823 e. The molecule has 0 nitrogen and oxygen atoms in total. The van der Waals surface area contributed by atoms with Crippen LogP contribution < -0.4 is 0 Å². The van der Waals surface area contributed by atoms with Gasteiger partial charge in [-0.05, 0) is 33.1 Å². The standard InChI is InChI=1S/C8H13I/c1-6-3-4-8(9)5-7(6)2/h8H,3-5H2,1-2H3. The minimum atomic E-state index is 0.909. The summed E-state index contributed by atoms with van der Waals surface area (Å²) in [4.78, 5) is 0. The molecule has 1 rings (SSSR count). The average Bonchev–Trinajstić information content (AvgIpc) is 1.80. The van der Waals surface area contributed by atoms with Crippen molar-refractivity contribution < 1.29 is 0 Å². The maximum atomic E-state index is 2.55. The van der Waals surface area contributed by atoms with Crippen molar-refractivity contribution >= 4 is 22.6 Å². The zero-order chi connectivity index (χ0) is 6.85. The summed E-state index contributed by atoms with van der Waals surface area (Å²) in [6.07, 6.45) is 4.05. The van der Waals surface area contributed by atoms with E-state index in [2.05, 4.69) is 36.4 Å². The Balaban J connectivity index is 2.61. The fourth-order valence-electron chi connectivity index (χ4n) is 1.20. The van der Waals surface area contributed by atoms with E-state index >= 15 is 0 Å². The Bertz CT molecular complexity index is 136. The molecular formula is C8H13I. The molecular weight excluding hydrogens is 223 g/mol. The summed E-state index contributed by atoms with van der Waals surface area (Å²) >= 11 is 2.55. The van der Waals surface area contributed by atoms with Crippen molar-refractivity contribution in [2.75, 3.05) is 0 Å². The van der Waals surface area contributed by atoms with Gasteiger partial charge in [0.1, 0.15) is 0 Å². The van der Waals surface area contributed by atoms with Gasteiger partial charge in [0, 0.05) is 3.92 Å². The Labute approximate surface area is 70.9 Å². The third-order valence-electron chi connectivity index (χ3n) is 2.09. The highest BCUT2D eigenvalue weighted by Crippen LogP contribution is 2.28. The van der Waals surface area contributed by atoms with Crippen LogP contribution in [0.2, 0.25) is 0 Å². The summed E-state index contributed by atoms with van der Waals surface area (Å²) in [7, 11) is 0. The molecule has 0 amide bonds. The summed E-state index contributed by atoms with van der Waals surface area (Å²) in [5, 5.41) is 0. The molecule has 1 heteroatoms. The topological polar surface area (TPSA) is 0 Å². The lowest BCUT2D eigenvalue weighted by atomic mass is 9.94. The van der Waals surface area contributed by atoms with E-state index in [-0.39, 0.29) is 0 Å². The maximum Gasteiger partial charge on any atom is 0.0150 e. The normalized spacial score (nSPS) is 29.0. The molecule has 52 valence electrons. The lowest BCUT2D eigenvalue weighted by Gasteiger charge is -2.18. The minimum Gasteiger partial charge on any atom is -0.0823 e. The van der Waals surface area contributed by atoms with E-state index in [9.17, 15) is 0 Å². The van der Waals surface area contributed by atoms with Gasteiger partial charge in [-0.1, -0.05) is 33.7 Å². The molecule has 0 bridgehead atoms. The van der Waals surface area contributed by atoms with Crippen LogP contribution in [0, 0.1) is 0 Å². The monoisotopic (exact) mass is 236 g/mol. The molecule has 0 aromatic heterocycles. The first kappa shape index (κ1) is 7.58.